The van der Waals surface area contributed by atoms with Gasteiger partial charge in [-0.15, -0.1) is 11.3 Å². The minimum Gasteiger partial charge on any atom is -0.382 e. The van der Waals surface area contributed by atoms with E-state index in [0.717, 1.165) is 6.54 Å². The van der Waals surface area contributed by atoms with Gasteiger partial charge in [-0.1, -0.05) is 42.5 Å². The highest BCUT2D eigenvalue weighted by Gasteiger charge is 1.95. The van der Waals surface area contributed by atoms with Crippen molar-refractivity contribution in [3.05, 3.63) is 71.6 Å². The van der Waals surface area contributed by atoms with E-state index in [-0.39, 0.29) is 0 Å². The second kappa shape index (κ2) is 5.72. The van der Waals surface area contributed by atoms with Crippen LogP contribution in [-0.4, -0.2) is 6.54 Å². The Balaban J connectivity index is 1.61. The van der Waals surface area contributed by atoms with Crippen LogP contribution < -0.4 is 5.32 Å². The van der Waals surface area contributed by atoms with Gasteiger partial charge in [-0.2, -0.15) is 0 Å². The minimum absolute atomic E-state index is 0.838. The molecular formula is C17H15NS. The van der Waals surface area contributed by atoms with Crippen molar-refractivity contribution in [2.24, 2.45) is 0 Å². The number of hydrogen-bond acceptors (Lipinski definition) is 2. The second-order valence-corrected chi connectivity index (χ2v) is 5.31. The van der Waals surface area contributed by atoms with E-state index in [2.05, 4.69) is 71.4 Å². The van der Waals surface area contributed by atoms with Crippen molar-refractivity contribution >= 4 is 33.2 Å². The van der Waals surface area contributed by atoms with Crippen LogP contribution in [0.3, 0.4) is 0 Å². The maximum absolute atomic E-state index is 3.41. The monoisotopic (exact) mass is 265 g/mol. The minimum atomic E-state index is 0.838. The summed E-state index contributed by atoms with van der Waals surface area (Å²) in [6, 6.07) is 19.0. The molecule has 1 N–H and O–H groups in total. The predicted octanol–water partition coefficient (Wildman–Crippen LogP) is 5.03. The number of benzene rings is 2. The lowest BCUT2D eigenvalue weighted by Crippen LogP contribution is -1.97. The molecule has 0 fully saturated rings. The summed E-state index contributed by atoms with van der Waals surface area (Å²) in [5, 5.41) is 6.85. The van der Waals surface area contributed by atoms with Gasteiger partial charge in [-0.25, -0.2) is 0 Å². The largest absolute Gasteiger partial charge is 0.382 e. The van der Waals surface area contributed by atoms with Crippen LogP contribution in [0.2, 0.25) is 0 Å². The number of rotatable bonds is 4. The van der Waals surface area contributed by atoms with Crippen LogP contribution in [0.15, 0.2) is 66.1 Å². The summed E-state index contributed by atoms with van der Waals surface area (Å²) >= 11 is 1.78. The third-order valence-corrected chi connectivity index (χ3v) is 3.88. The Morgan fingerprint density at radius 1 is 1.00 bits per heavy atom. The molecule has 3 rings (SSSR count). The fraction of sp³-hybridized carbons (Fsp3) is 0.0588. The highest BCUT2D eigenvalue weighted by atomic mass is 32.1. The molecule has 0 bridgehead atoms. The normalized spacial score (nSPS) is 11.2. The van der Waals surface area contributed by atoms with Crippen molar-refractivity contribution in [2.45, 2.75) is 0 Å². The van der Waals surface area contributed by atoms with Crippen LogP contribution in [0, 0.1) is 0 Å². The molecule has 0 aliphatic heterocycles. The van der Waals surface area contributed by atoms with Crippen molar-refractivity contribution in [2.75, 3.05) is 11.9 Å². The maximum Gasteiger partial charge on any atom is 0.0349 e. The summed E-state index contributed by atoms with van der Waals surface area (Å²) in [6.45, 7) is 0.838. The lowest BCUT2D eigenvalue weighted by molar-refractivity contribution is 1.35. The first-order chi connectivity index (χ1) is 9.42. The molecule has 94 valence electrons. The molecule has 0 saturated carbocycles. The van der Waals surface area contributed by atoms with Crippen molar-refractivity contribution in [3.63, 3.8) is 0 Å². The fourth-order valence-corrected chi connectivity index (χ4v) is 2.78. The number of thiophene rings is 1. The van der Waals surface area contributed by atoms with Gasteiger partial charge < -0.3 is 5.32 Å². The van der Waals surface area contributed by atoms with Gasteiger partial charge in [0, 0.05) is 16.9 Å². The molecule has 1 nitrogen and oxygen atoms in total. The maximum atomic E-state index is 3.41. The van der Waals surface area contributed by atoms with Gasteiger partial charge in [-0.3, -0.25) is 0 Å². The molecule has 0 radical (unpaired) electrons. The van der Waals surface area contributed by atoms with Gasteiger partial charge in [0.1, 0.15) is 0 Å². The zero-order valence-electron chi connectivity index (χ0n) is 10.5. The van der Waals surface area contributed by atoms with Crippen molar-refractivity contribution < 1.29 is 0 Å². The molecule has 3 aromatic rings. The van der Waals surface area contributed by atoms with E-state index in [4.69, 9.17) is 0 Å². The summed E-state index contributed by atoms with van der Waals surface area (Å²) in [4.78, 5) is 0. The van der Waals surface area contributed by atoms with Crippen molar-refractivity contribution in [3.8, 4) is 0 Å². The molecule has 1 aromatic heterocycles. The van der Waals surface area contributed by atoms with Crippen LogP contribution in [0.4, 0.5) is 5.69 Å². The van der Waals surface area contributed by atoms with Crippen molar-refractivity contribution in [1.29, 1.82) is 0 Å². The summed E-state index contributed by atoms with van der Waals surface area (Å²) in [5.74, 6) is 0. The summed E-state index contributed by atoms with van der Waals surface area (Å²) < 4.78 is 1.34. The van der Waals surface area contributed by atoms with E-state index in [1.165, 1.54) is 21.3 Å². The van der Waals surface area contributed by atoms with Gasteiger partial charge >= 0.3 is 0 Å². The average molecular weight is 265 g/mol. The standard InChI is InChI=1S/C17H15NS/c1-2-5-14(6-3-1)7-4-11-18-16-8-9-17-15(13-16)10-12-19-17/h1-10,12-13,18H,11H2. The van der Waals surface area contributed by atoms with E-state index < -0.39 is 0 Å². The van der Waals surface area contributed by atoms with Gasteiger partial charge in [0.25, 0.3) is 0 Å². The Bertz CT molecular complexity index is 683. The highest BCUT2D eigenvalue weighted by Crippen LogP contribution is 2.23. The Morgan fingerprint density at radius 3 is 2.79 bits per heavy atom. The topological polar surface area (TPSA) is 12.0 Å². The number of nitrogens with one attached hydrogen (secondary N) is 1. The van der Waals surface area contributed by atoms with Crippen LogP contribution >= 0.6 is 11.3 Å². The van der Waals surface area contributed by atoms with Crippen LogP contribution in [0.1, 0.15) is 5.56 Å². The zero-order chi connectivity index (χ0) is 12.9. The van der Waals surface area contributed by atoms with Gasteiger partial charge in [-0.05, 0) is 40.6 Å². The zero-order valence-corrected chi connectivity index (χ0v) is 11.4. The molecule has 0 spiro atoms. The van der Waals surface area contributed by atoms with E-state index in [9.17, 15) is 0 Å². The molecular weight excluding hydrogens is 250 g/mol. The lowest BCUT2D eigenvalue weighted by Gasteiger charge is -2.03. The molecule has 2 aromatic carbocycles. The SMILES string of the molecule is C(=Cc1ccccc1)CNc1ccc2sccc2c1. The molecule has 2 heteroatoms. The first-order valence-corrected chi connectivity index (χ1v) is 7.22. The Morgan fingerprint density at radius 2 is 1.89 bits per heavy atom. The van der Waals surface area contributed by atoms with Crippen molar-refractivity contribution in [1.82, 2.24) is 0 Å². The third-order valence-electron chi connectivity index (χ3n) is 2.99. The first-order valence-electron chi connectivity index (χ1n) is 6.34. The summed E-state index contributed by atoms with van der Waals surface area (Å²) in [7, 11) is 0. The molecule has 0 unspecified atom stereocenters. The fourth-order valence-electron chi connectivity index (χ4n) is 2.01. The van der Waals surface area contributed by atoms with E-state index in [1.807, 2.05) is 6.07 Å². The smallest absolute Gasteiger partial charge is 0.0349 e. The van der Waals surface area contributed by atoms with E-state index >= 15 is 0 Å². The molecule has 19 heavy (non-hydrogen) atoms. The Labute approximate surface area is 117 Å². The number of fused-ring (bicyclic) bond motifs is 1. The quantitative estimate of drug-likeness (QED) is 0.698. The molecule has 0 amide bonds. The third kappa shape index (κ3) is 3.04. The summed E-state index contributed by atoms with van der Waals surface area (Å²) in [5.41, 5.74) is 2.40. The molecule has 0 aliphatic carbocycles. The van der Waals surface area contributed by atoms with E-state index in [1.54, 1.807) is 11.3 Å². The second-order valence-electron chi connectivity index (χ2n) is 4.37. The average Bonchev–Trinajstić information content (AvgIpc) is 2.92. The van der Waals surface area contributed by atoms with Crippen LogP contribution in [-0.2, 0) is 0 Å². The van der Waals surface area contributed by atoms with E-state index in [0.29, 0.717) is 0 Å². The van der Waals surface area contributed by atoms with Gasteiger partial charge in [0.05, 0.1) is 0 Å². The Hall–Kier alpha value is -2.06. The highest BCUT2D eigenvalue weighted by molar-refractivity contribution is 7.17. The Kier molecular flexibility index (Phi) is 3.61. The van der Waals surface area contributed by atoms with Gasteiger partial charge in [0.15, 0.2) is 0 Å². The molecule has 1 heterocycles. The summed E-state index contributed by atoms with van der Waals surface area (Å²) in [6.07, 6.45) is 4.28. The van der Waals surface area contributed by atoms with Crippen LogP contribution in [0.5, 0.6) is 0 Å². The number of hydrogen-bond donors (Lipinski definition) is 1. The predicted molar refractivity (Wildman–Crippen MR) is 85.8 cm³/mol. The molecule has 0 aliphatic rings. The number of anilines is 1. The first kappa shape index (κ1) is 12.0. The molecule has 0 saturated heterocycles. The van der Waals surface area contributed by atoms with Crippen LogP contribution in [0.25, 0.3) is 16.2 Å². The lowest BCUT2D eigenvalue weighted by atomic mass is 10.2. The molecule has 0 atom stereocenters. The van der Waals surface area contributed by atoms with Gasteiger partial charge in [0.2, 0.25) is 0 Å².